The summed E-state index contributed by atoms with van der Waals surface area (Å²) in [7, 11) is 8.45. The van der Waals surface area contributed by atoms with E-state index in [-0.39, 0.29) is 0 Å². The summed E-state index contributed by atoms with van der Waals surface area (Å²) in [4.78, 5) is 6.74. The molecule has 1 N–H and O–H groups in total. The molecule has 0 heterocycles. The quantitative estimate of drug-likeness (QED) is 0.689. The number of benzene rings is 1. The monoisotopic (exact) mass is 350 g/mol. The summed E-state index contributed by atoms with van der Waals surface area (Å²) in [5.74, 6) is 0. The third kappa shape index (κ3) is 8.08. The van der Waals surface area contributed by atoms with E-state index in [1.165, 1.54) is 11.1 Å². The zero-order chi connectivity index (χ0) is 18.1. The lowest BCUT2D eigenvalue weighted by molar-refractivity contribution is 0.325. The first-order valence-electron chi connectivity index (χ1n) is 8.72. The molecule has 1 rings (SSSR count). The minimum absolute atomic E-state index is 0.829. The zero-order valence-corrected chi connectivity index (χ0v) is 17.0. The smallest absolute Gasteiger partial charge is 0.173 e. The van der Waals surface area contributed by atoms with Gasteiger partial charge in [-0.1, -0.05) is 6.07 Å². The average Bonchev–Trinajstić information content (AvgIpc) is 2.48. The Bertz CT molecular complexity index is 500. The van der Waals surface area contributed by atoms with Crippen LogP contribution in [0.25, 0.3) is 0 Å². The summed E-state index contributed by atoms with van der Waals surface area (Å²) in [5.41, 5.74) is 3.67. The molecule has 0 bridgehead atoms. The van der Waals surface area contributed by atoms with E-state index < -0.39 is 0 Å². The summed E-state index contributed by atoms with van der Waals surface area (Å²) in [6.07, 6.45) is 2.23. The van der Waals surface area contributed by atoms with Gasteiger partial charge in [-0.15, -0.1) is 0 Å². The van der Waals surface area contributed by atoms with Gasteiger partial charge in [-0.25, -0.2) is 0 Å². The van der Waals surface area contributed by atoms with Crippen molar-refractivity contribution in [3.8, 4) is 0 Å². The molecule has 0 amide bonds. The summed E-state index contributed by atoms with van der Waals surface area (Å²) in [6, 6.07) is 6.41. The van der Waals surface area contributed by atoms with Crippen molar-refractivity contribution in [2.24, 2.45) is 0 Å². The SMILES string of the molecule is Cc1ccc(NC(=S)N(CCCN(C)C)CCCN(C)C)cc1C. The van der Waals surface area contributed by atoms with Crippen LogP contribution in [-0.4, -0.2) is 74.2 Å². The van der Waals surface area contributed by atoms with Gasteiger partial charge in [0.25, 0.3) is 0 Å². The molecule has 0 saturated heterocycles. The van der Waals surface area contributed by atoms with Crippen LogP contribution in [0.2, 0.25) is 0 Å². The molecule has 0 radical (unpaired) electrons. The molecule has 0 fully saturated rings. The van der Waals surface area contributed by atoms with Crippen LogP contribution in [0.5, 0.6) is 0 Å². The van der Waals surface area contributed by atoms with Gasteiger partial charge in [0.1, 0.15) is 0 Å². The standard InChI is InChI=1S/C19H34N4S/c1-16-9-10-18(15-17(16)2)20-19(24)23(13-7-11-21(3)4)14-8-12-22(5)6/h9-10,15H,7-8,11-14H2,1-6H3,(H,20,24). The van der Waals surface area contributed by atoms with E-state index in [9.17, 15) is 0 Å². The molecule has 0 spiro atoms. The molecule has 4 nitrogen and oxygen atoms in total. The maximum absolute atomic E-state index is 5.68. The number of hydrogen-bond donors (Lipinski definition) is 1. The maximum Gasteiger partial charge on any atom is 0.173 e. The summed E-state index contributed by atoms with van der Waals surface area (Å²) < 4.78 is 0. The molecule has 0 aliphatic heterocycles. The van der Waals surface area contributed by atoms with E-state index in [0.717, 1.165) is 49.8 Å². The van der Waals surface area contributed by atoms with Crippen LogP contribution < -0.4 is 5.32 Å². The van der Waals surface area contributed by atoms with Gasteiger partial charge in [0.05, 0.1) is 0 Å². The molecule has 0 aromatic heterocycles. The first-order chi connectivity index (χ1) is 11.3. The van der Waals surface area contributed by atoms with Crippen molar-refractivity contribution in [2.45, 2.75) is 26.7 Å². The first kappa shape index (κ1) is 20.9. The number of rotatable bonds is 9. The Morgan fingerprint density at radius 2 is 1.42 bits per heavy atom. The molecular formula is C19H34N4S. The summed E-state index contributed by atoms with van der Waals surface area (Å²) in [6.45, 7) is 8.40. The molecule has 1 aromatic rings. The van der Waals surface area contributed by atoms with Crippen molar-refractivity contribution >= 4 is 23.0 Å². The number of nitrogens with zero attached hydrogens (tertiary/aromatic N) is 3. The van der Waals surface area contributed by atoms with Crippen LogP contribution >= 0.6 is 12.2 Å². The van der Waals surface area contributed by atoms with E-state index in [1.807, 2.05) is 0 Å². The Hall–Kier alpha value is -1.17. The third-order valence-electron chi connectivity index (χ3n) is 4.11. The van der Waals surface area contributed by atoms with E-state index in [2.05, 4.69) is 80.3 Å². The van der Waals surface area contributed by atoms with Gasteiger partial charge in [-0.2, -0.15) is 0 Å². The second-order valence-corrected chi connectivity index (χ2v) is 7.42. The topological polar surface area (TPSA) is 21.8 Å². The van der Waals surface area contributed by atoms with Crippen molar-refractivity contribution in [2.75, 3.05) is 59.7 Å². The first-order valence-corrected chi connectivity index (χ1v) is 9.13. The Kier molecular flexibility index (Phi) is 9.26. The van der Waals surface area contributed by atoms with Crippen molar-refractivity contribution in [3.63, 3.8) is 0 Å². The molecule has 0 atom stereocenters. The minimum Gasteiger partial charge on any atom is -0.349 e. The van der Waals surface area contributed by atoms with Crippen molar-refractivity contribution in [3.05, 3.63) is 29.3 Å². The van der Waals surface area contributed by atoms with Gasteiger partial charge in [-0.05, 0) is 103 Å². The molecule has 24 heavy (non-hydrogen) atoms. The Morgan fingerprint density at radius 3 is 1.88 bits per heavy atom. The molecule has 0 aliphatic carbocycles. The lowest BCUT2D eigenvalue weighted by Gasteiger charge is -2.27. The van der Waals surface area contributed by atoms with Gasteiger partial charge < -0.3 is 20.0 Å². The summed E-state index contributed by atoms with van der Waals surface area (Å²) >= 11 is 5.68. The predicted molar refractivity (Wildman–Crippen MR) is 110 cm³/mol. The molecule has 0 aliphatic rings. The molecule has 1 aromatic carbocycles. The normalized spacial score (nSPS) is 11.2. The minimum atomic E-state index is 0.829. The van der Waals surface area contributed by atoms with E-state index >= 15 is 0 Å². The largest absolute Gasteiger partial charge is 0.349 e. The van der Waals surface area contributed by atoms with Crippen molar-refractivity contribution in [1.82, 2.24) is 14.7 Å². The maximum atomic E-state index is 5.68. The van der Waals surface area contributed by atoms with Gasteiger partial charge in [0.2, 0.25) is 0 Å². The van der Waals surface area contributed by atoms with E-state index in [4.69, 9.17) is 12.2 Å². The number of anilines is 1. The number of nitrogens with one attached hydrogen (secondary N) is 1. The highest BCUT2D eigenvalue weighted by Crippen LogP contribution is 2.15. The van der Waals surface area contributed by atoms with Gasteiger partial charge >= 0.3 is 0 Å². The highest BCUT2D eigenvalue weighted by molar-refractivity contribution is 7.80. The lowest BCUT2D eigenvalue weighted by Crippen LogP contribution is -2.38. The second kappa shape index (κ2) is 10.6. The lowest BCUT2D eigenvalue weighted by atomic mass is 10.1. The fourth-order valence-corrected chi connectivity index (χ4v) is 2.79. The van der Waals surface area contributed by atoms with Crippen molar-refractivity contribution < 1.29 is 0 Å². The van der Waals surface area contributed by atoms with Crippen LogP contribution in [0.4, 0.5) is 5.69 Å². The highest BCUT2D eigenvalue weighted by Gasteiger charge is 2.10. The Labute approximate surface area is 153 Å². The summed E-state index contributed by atoms with van der Waals surface area (Å²) in [5, 5.41) is 4.25. The Balaban J connectivity index is 2.64. The van der Waals surface area contributed by atoms with Gasteiger partial charge in [-0.3, -0.25) is 0 Å². The molecule has 136 valence electrons. The average molecular weight is 351 g/mol. The zero-order valence-electron chi connectivity index (χ0n) is 16.2. The van der Waals surface area contributed by atoms with E-state index in [1.54, 1.807) is 0 Å². The van der Waals surface area contributed by atoms with Crippen molar-refractivity contribution in [1.29, 1.82) is 0 Å². The fraction of sp³-hybridized carbons (Fsp3) is 0.632. The molecule has 0 unspecified atom stereocenters. The van der Waals surface area contributed by atoms with Gasteiger partial charge in [0.15, 0.2) is 5.11 Å². The number of aryl methyl sites for hydroxylation is 2. The number of hydrogen-bond acceptors (Lipinski definition) is 3. The van der Waals surface area contributed by atoms with Crippen LogP contribution in [0.3, 0.4) is 0 Å². The van der Waals surface area contributed by atoms with Gasteiger partial charge in [0, 0.05) is 18.8 Å². The molecular weight excluding hydrogens is 316 g/mol. The predicted octanol–water partition coefficient (Wildman–Crippen LogP) is 3.21. The highest BCUT2D eigenvalue weighted by atomic mass is 32.1. The molecule has 0 saturated carbocycles. The van der Waals surface area contributed by atoms with Crippen LogP contribution in [0.1, 0.15) is 24.0 Å². The molecule has 5 heteroatoms. The Morgan fingerprint density at radius 1 is 0.875 bits per heavy atom. The van der Waals surface area contributed by atoms with Crippen LogP contribution in [-0.2, 0) is 0 Å². The third-order valence-corrected chi connectivity index (χ3v) is 4.47. The van der Waals surface area contributed by atoms with E-state index in [0.29, 0.717) is 0 Å². The second-order valence-electron chi connectivity index (χ2n) is 7.03. The van der Waals surface area contributed by atoms with Crippen LogP contribution in [0.15, 0.2) is 18.2 Å². The van der Waals surface area contributed by atoms with Crippen LogP contribution in [0, 0.1) is 13.8 Å². The number of thiocarbonyl (C=S) groups is 1. The fourth-order valence-electron chi connectivity index (χ4n) is 2.49.